The Balaban J connectivity index is 1.36. The van der Waals surface area contributed by atoms with E-state index in [1.165, 1.54) is 0 Å². The second-order valence-electron chi connectivity index (χ2n) is 8.30. The first kappa shape index (κ1) is 23.2. The van der Waals surface area contributed by atoms with E-state index >= 15 is 0 Å². The lowest BCUT2D eigenvalue weighted by Gasteiger charge is -2.33. The topological polar surface area (TPSA) is 128 Å². The second kappa shape index (κ2) is 10.3. The van der Waals surface area contributed by atoms with Crippen LogP contribution in [0.4, 0.5) is 4.79 Å². The summed E-state index contributed by atoms with van der Waals surface area (Å²) in [4.78, 5) is 27.9. The van der Waals surface area contributed by atoms with Crippen molar-refractivity contribution >= 4 is 12.1 Å². The van der Waals surface area contributed by atoms with Crippen LogP contribution in [0.2, 0.25) is 0 Å². The van der Waals surface area contributed by atoms with Gasteiger partial charge in [-0.05, 0) is 37.5 Å². The fraction of sp³-hybridized carbons (Fsp3) is 0.375. The molecule has 2 N–H and O–H groups in total. The molecule has 3 aromatic rings. The molecule has 2 aromatic heterocycles. The van der Waals surface area contributed by atoms with Gasteiger partial charge in [0.25, 0.3) is 0 Å². The highest BCUT2D eigenvalue weighted by Gasteiger charge is 2.37. The number of carbonyl (C=O) groups is 2. The molecule has 1 aromatic carbocycles. The largest absolute Gasteiger partial charge is 0.491 e. The van der Waals surface area contributed by atoms with Crippen LogP contribution in [0, 0.1) is 18.8 Å². The van der Waals surface area contributed by atoms with Crippen molar-refractivity contribution < 1.29 is 24.2 Å². The van der Waals surface area contributed by atoms with E-state index < -0.39 is 12.1 Å². The minimum Gasteiger partial charge on any atom is -0.491 e. The number of amides is 1. The molecule has 1 aliphatic carbocycles. The molecular formula is C24H27N5O5. The molecule has 178 valence electrons. The lowest BCUT2D eigenvalue weighted by Crippen LogP contribution is -2.36. The summed E-state index contributed by atoms with van der Waals surface area (Å²) in [7, 11) is 1.74. The van der Waals surface area contributed by atoms with Crippen molar-refractivity contribution in [3.05, 3.63) is 59.4 Å². The van der Waals surface area contributed by atoms with Gasteiger partial charge in [0, 0.05) is 13.0 Å². The fourth-order valence-corrected chi connectivity index (χ4v) is 3.83. The van der Waals surface area contributed by atoms with Crippen LogP contribution in [-0.4, -0.2) is 43.8 Å². The highest BCUT2D eigenvalue weighted by Crippen LogP contribution is 2.35. The number of benzene rings is 1. The monoisotopic (exact) mass is 465 g/mol. The number of alkyl carbamates (subject to hydrolysis) is 1. The molecule has 1 fully saturated rings. The van der Waals surface area contributed by atoms with E-state index in [-0.39, 0.29) is 25.0 Å². The summed E-state index contributed by atoms with van der Waals surface area (Å²) in [6.07, 6.45) is 1.01. The number of pyridine rings is 1. The molecule has 10 nitrogen and oxygen atoms in total. The third kappa shape index (κ3) is 5.33. The molecule has 34 heavy (non-hydrogen) atoms. The Labute approximate surface area is 196 Å². The van der Waals surface area contributed by atoms with Crippen LogP contribution >= 0.6 is 0 Å². The third-order valence-corrected chi connectivity index (χ3v) is 6.02. The van der Waals surface area contributed by atoms with Gasteiger partial charge in [-0.25, -0.2) is 14.5 Å². The van der Waals surface area contributed by atoms with Gasteiger partial charge in [0.15, 0.2) is 0 Å². The minimum atomic E-state index is -0.766. The van der Waals surface area contributed by atoms with Gasteiger partial charge in [0.1, 0.15) is 18.1 Å². The van der Waals surface area contributed by atoms with E-state index in [1.54, 1.807) is 23.9 Å². The van der Waals surface area contributed by atoms with E-state index in [0.29, 0.717) is 41.6 Å². The van der Waals surface area contributed by atoms with Gasteiger partial charge in [-0.1, -0.05) is 35.5 Å². The van der Waals surface area contributed by atoms with Gasteiger partial charge in [-0.2, -0.15) is 0 Å². The highest BCUT2D eigenvalue weighted by molar-refractivity contribution is 5.71. The van der Waals surface area contributed by atoms with E-state index in [4.69, 9.17) is 9.47 Å². The number of nitrogens with one attached hydrogen (secondary N) is 1. The van der Waals surface area contributed by atoms with Crippen molar-refractivity contribution in [3.8, 4) is 17.1 Å². The molecule has 1 saturated carbocycles. The first-order valence-corrected chi connectivity index (χ1v) is 11.1. The van der Waals surface area contributed by atoms with Crippen LogP contribution in [0.3, 0.4) is 0 Å². The van der Waals surface area contributed by atoms with Crippen LogP contribution in [0.25, 0.3) is 11.4 Å². The van der Waals surface area contributed by atoms with Crippen molar-refractivity contribution in [2.45, 2.75) is 32.9 Å². The van der Waals surface area contributed by atoms with Crippen LogP contribution in [-0.2, 0) is 29.7 Å². The summed E-state index contributed by atoms with van der Waals surface area (Å²) in [5.74, 6) is -0.469. The highest BCUT2D eigenvalue weighted by atomic mass is 16.5. The summed E-state index contributed by atoms with van der Waals surface area (Å²) in [6, 6.07) is 13.0. The van der Waals surface area contributed by atoms with Gasteiger partial charge >= 0.3 is 12.1 Å². The molecule has 0 saturated heterocycles. The Morgan fingerprint density at radius 3 is 2.65 bits per heavy atom. The molecule has 0 radical (unpaired) electrons. The first-order valence-electron chi connectivity index (χ1n) is 11.1. The normalized spacial score (nSPS) is 17.0. The molecule has 0 aliphatic heterocycles. The maximum Gasteiger partial charge on any atom is 0.407 e. The number of nitrogens with zero attached hydrogens (tertiary/aromatic N) is 4. The van der Waals surface area contributed by atoms with Gasteiger partial charge in [-0.15, -0.1) is 5.10 Å². The number of carbonyl (C=O) groups excluding carboxylic acids is 1. The van der Waals surface area contributed by atoms with E-state index in [9.17, 15) is 14.7 Å². The average Bonchev–Trinajstić information content (AvgIpc) is 3.17. The quantitative estimate of drug-likeness (QED) is 0.493. The standard InChI is InChI=1S/C24H27N5O5/c1-15-21(33-14-17-8-9-18(17)23(30)31)11-10-19(26-15)22-20(29(2)28-27-22)12-25-24(32)34-13-16-6-4-3-5-7-16/h3-7,10-11,17-18H,8-9,12-14H2,1-2H3,(H,25,32)(H,30,31)/t17-,18+/m0/s1. The number of carboxylic acid groups (broad SMARTS) is 1. The lowest BCUT2D eigenvalue weighted by molar-refractivity contribution is -0.148. The van der Waals surface area contributed by atoms with Crippen LogP contribution in [0.15, 0.2) is 42.5 Å². The maximum atomic E-state index is 12.1. The number of hydrogen-bond acceptors (Lipinski definition) is 7. The SMILES string of the molecule is Cc1nc(-c2nnn(C)c2CNC(=O)OCc2ccccc2)ccc1OC[C@@H]1CC[C@H]1C(=O)O. The number of aryl methyl sites for hydroxylation is 2. The molecule has 0 unspecified atom stereocenters. The zero-order valence-electron chi connectivity index (χ0n) is 19.1. The van der Waals surface area contributed by atoms with Crippen LogP contribution in [0.1, 0.15) is 29.8 Å². The zero-order chi connectivity index (χ0) is 24.1. The Hall–Kier alpha value is -3.95. The number of carboxylic acids is 1. The molecule has 0 bridgehead atoms. The summed E-state index contributed by atoms with van der Waals surface area (Å²) in [5.41, 5.74) is 3.38. The van der Waals surface area contributed by atoms with Crippen molar-refractivity contribution in [1.29, 1.82) is 0 Å². The molecule has 4 rings (SSSR count). The third-order valence-electron chi connectivity index (χ3n) is 6.02. The van der Waals surface area contributed by atoms with Crippen LogP contribution in [0.5, 0.6) is 5.75 Å². The molecule has 10 heteroatoms. The Morgan fingerprint density at radius 1 is 1.18 bits per heavy atom. The fourth-order valence-electron chi connectivity index (χ4n) is 3.83. The smallest absolute Gasteiger partial charge is 0.407 e. The molecule has 1 aliphatic rings. The Morgan fingerprint density at radius 2 is 1.97 bits per heavy atom. The lowest BCUT2D eigenvalue weighted by atomic mass is 9.74. The zero-order valence-corrected chi connectivity index (χ0v) is 19.1. The Kier molecular flexibility index (Phi) is 7.05. The van der Waals surface area contributed by atoms with E-state index in [0.717, 1.165) is 12.0 Å². The summed E-state index contributed by atoms with van der Waals surface area (Å²) in [5, 5.41) is 20.2. The number of rotatable bonds is 9. The first-order chi connectivity index (χ1) is 16.4. The number of aromatic nitrogens is 4. The molecule has 2 heterocycles. The number of hydrogen-bond donors (Lipinski definition) is 2. The van der Waals surface area contributed by atoms with Crippen molar-refractivity contribution in [3.63, 3.8) is 0 Å². The number of aliphatic carboxylic acids is 1. The van der Waals surface area contributed by atoms with E-state index in [2.05, 4.69) is 20.6 Å². The predicted molar refractivity (Wildman–Crippen MR) is 122 cm³/mol. The van der Waals surface area contributed by atoms with Crippen molar-refractivity contribution in [2.24, 2.45) is 18.9 Å². The average molecular weight is 466 g/mol. The van der Waals surface area contributed by atoms with Gasteiger partial charge in [0.05, 0.1) is 36.2 Å². The van der Waals surface area contributed by atoms with Gasteiger partial charge in [-0.3, -0.25) is 4.79 Å². The minimum absolute atomic E-state index is 0.0240. The number of ether oxygens (including phenoxy) is 2. The van der Waals surface area contributed by atoms with Gasteiger partial charge in [0.2, 0.25) is 0 Å². The molecule has 1 amide bonds. The summed E-state index contributed by atoms with van der Waals surface area (Å²) >= 11 is 0. The molecule has 0 spiro atoms. The van der Waals surface area contributed by atoms with Crippen molar-refractivity contribution in [2.75, 3.05) is 6.61 Å². The second-order valence-corrected chi connectivity index (χ2v) is 8.30. The van der Waals surface area contributed by atoms with Gasteiger partial charge < -0.3 is 19.9 Å². The van der Waals surface area contributed by atoms with Crippen LogP contribution < -0.4 is 10.1 Å². The summed E-state index contributed by atoms with van der Waals surface area (Å²) in [6.45, 7) is 2.52. The molecule has 2 atom stereocenters. The maximum absolute atomic E-state index is 12.1. The Bertz CT molecular complexity index is 1160. The van der Waals surface area contributed by atoms with E-state index in [1.807, 2.05) is 37.3 Å². The molecular weight excluding hydrogens is 438 g/mol. The predicted octanol–water partition coefficient (Wildman–Crippen LogP) is 3.10. The van der Waals surface area contributed by atoms with Crippen molar-refractivity contribution in [1.82, 2.24) is 25.3 Å². The summed E-state index contributed by atoms with van der Waals surface area (Å²) < 4.78 is 12.7.